The van der Waals surface area contributed by atoms with E-state index in [4.69, 9.17) is 12.2 Å². The van der Waals surface area contributed by atoms with Crippen molar-refractivity contribution in [1.29, 1.82) is 0 Å². The van der Waals surface area contributed by atoms with Crippen molar-refractivity contribution < 1.29 is 5.11 Å². The Morgan fingerprint density at radius 1 is 0.952 bits per heavy atom. The van der Waals surface area contributed by atoms with Crippen molar-refractivity contribution in [2.24, 2.45) is 0 Å². The second-order valence-corrected chi connectivity index (χ2v) is 5.29. The molecule has 0 saturated heterocycles. The molecule has 4 heteroatoms. The third-order valence-corrected chi connectivity index (χ3v) is 3.44. The molecule has 2 aromatic carbocycles. The fourth-order valence-corrected chi connectivity index (χ4v) is 2.31. The third kappa shape index (κ3) is 5.53. The summed E-state index contributed by atoms with van der Waals surface area (Å²) < 4.78 is 0. The highest BCUT2D eigenvalue weighted by molar-refractivity contribution is 7.80. The molecule has 0 spiro atoms. The Hall–Kier alpha value is -1.91. The predicted octanol–water partition coefficient (Wildman–Crippen LogP) is 2.25. The summed E-state index contributed by atoms with van der Waals surface area (Å²) >= 11 is 5.28. The third-order valence-electron chi connectivity index (χ3n) is 3.18. The molecular formula is C17H20N2OS. The molecule has 0 amide bonds. The molecule has 0 aliphatic rings. The van der Waals surface area contributed by atoms with Gasteiger partial charge in [0.2, 0.25) is 0 Å². The highest BCUT2D eigenvalue weighted by atomic mass is 32.1. The minimum atomic E-state index is -0.0804. The number of aliphatic hydroxyl groups excluding tert-OH is 1. The SMILES string of the molecule is OC[C@@H](Cc1ccccc1)NC(=S)NCc1ccccc1. The molecule has 0 radical (unpaired) electrons. The fourth-order valence-electron chi connectivity index (χ4n) is 2.07. The zero-order chi connectivity index (χ0) is 14.9. The van der Waals surface area contributed by atoms with Crippen molar-refractivity contribution in [3.8, 4) is 0 Å². The van der Waals surface area contributed by atoms with Crippen molar-refractivity contribution in [3.05, 3.63) is 71.8 Å². The zero-order valence-corrected chi connectivity index (χ0v) is 12.6. The summed E-state index contributed by atoms with van der Waals surface area (Å²) in [5.41, 5.74) is 2.35. The van der Waals surface area contributed by atoms with Gasteiger partial charge >= 0.3 is 0 Å². The maximum Gasteiger partial charge on any atom is 0.166 e. The van der Waals surface area contributed by atoms with Crippen LogP contribution in [0.15, 0.2) is 60.7 Å². The summed E-state index contributed by atoms with van der Waals surface area (Å²) in [5.74, 6) is 0. The highest BCUT2D eigenvalue weighted by Crippen LogP contribution is 2.03. The van der Waals surface area contributed by atoms with Gasteiger partial charge in [-0.3, -0.25) is 0 Å². The Morgan fingerprint density at radius 3 is 2.10 bits per heavy atom. The van der Waals surface area contributed by atoms with Crippen LogP contribution in [0, 0.1) is 0 Å². The number of thiocarbonyl (C=S) groups is 1. The minimum Gasteiger partial charge on any atom is -0.394 e. The van der Waals surface area contributed by atoms with Crippen LogP contribution < -0.4 is 10.6 Å². The lowest BCUT2D eigenvalue weighted by molar-refractivity contribution is 0.254. The van der Waals surface area contributed by atoms with Crippen LogP contribution in [0.25, 0.3) is 0 Å². The van der Waals surface area contributed by atoms with Gasteiger partial charge in [0.25, 0.3) is 0 Å². The number of benzene rings is 2. The summed E-state index contributed by atoms with van der Waals surface area (Å²) in [7, 11) is 0. The topological polar surface area (TPSA) is 44.3 Å². The van der Waals surface area contributed by atoms with Crippen molar-refractivity contribution in [2.45, 2.75) is 19.0 Å². The van der Waals surface area contributed by atoms with Gasteiger partial charge in [0.1, 0.15) is 0 Å². The van der Waals surface area contributed by atoms with E-state index in [0.29, 0.717) is 11.7 Å². The molecule has 21 heavy (non-hydrogen) atoms. The molecule has 0 fully saturated rings. The molecule has 0 aliphatic carbocycles. The molecule has 0 aromatic heterocycles. The van der Waals surface area contributed by atoms with Crippen LogP contribution in [-0.2, 0) is 13.0 Å². The quantitative estimate of drug-likeness (QED) is 0.716. The average molecular weight is 300 g/mol. The van der Waals surface area contributed by atoms with E-state index >= 15 is 0 Å². The molecule has 2 aromatic rings. The first-order chi connectivity index (χ1) is 10.3. The predicted molar refractivity (Wildman–Crippen MR) is 90.0 cm³/mol. The second kappa shape index (κ2) is 8.39. The molecule has 0 aliphatic heterocycles. The molecule has 2 rings (SSSR count). The first kappa shape index (κ1) is 15.5. The van der Waals surface area contributed by atoms with Crippen molar-refractivity contribution in [3.63, 3.8) is 0 Å². The Kier molecular flexibility index (Phi) is 6.19. The molecule has 0 bridgehead atoms. The van der Waals surface area contributed by atoms with Gasteiger partial charge in [0, 0.05) is 6.54 Å². The van der Waals surface area contributed by atoms with Gasteiger partial charge < -0.3 is 15.7 Å². The largest absolute Gasteiger partial charge is 0.394 e. The highest BCUT2D eigenvalue weighted by Gasteiger charge is 2.09. The number of aliphatic hydroxyl groups is 1. The Balaban J connectivity index is 1.80. The molecule has 1 atom stereocenters. The fraction of sp³-hybridized carbons (Fsp3) is 0.235. The lowest BCUT2D eigenvalue weighted by atomic mass is 10.1. The summed E-state index contributed by atoms with van der Waals surface area (Å²) in [6.07, 6.45) is 0.741. The molecule has 110 valence electrons. The van der Waals surface area contributed by atoms with Crippen molar-refractivity contribution >= 4 is 17.3 Å². The maximum atomic E-state index is 9.47. The van der Waals surface area contributed by atoms with Crippen LogP contribution in [0.3, 0.4) is 0 Å². The molecule has 0 heterocycles. The zero-order valence-electron chi connectivity index (χ0n) is 11.8. The Labute approximate surface area is 131 Å². The van der Waals surface area contributed by atoms with Crippen molar-refractivity contribution in [1.82, 2.24) is 10.6 Å². The van der Waals surface area contributed by atoms with E-state index in [-0.39, 0.29) is 12.6 Å². The molecular weight excluding hydrogens is 280 g/mol. The Bertz CT molecular complexity index is 545. The van der Waals surface area contributed by atoms with E-state index < -0.39 is 0 Å². The summed E-state index contributed by atoms with van der Waals surface area (Å²) in [5, 5.41) is 16.3. The van der Waals surface area contributed by atoms with Crippen LogP contribution >= 0.6 is 12.2 Å². The van der Waals surface area contributed by atoms with Gasteiger partial charge in [0.05, 0.1) is 12.6 Å². The number of rotatable bonds is 6. The first-order valence-corrected chi connectivity index (χ1v) is 7.42. The number of hydrogen-bond acceptors (Lipinski definition) is 2. The molecule has 0 unspecified atom stereocenters. The van der Waals surface area contributed by atoms with E-state index in [0.717, 1.165) is 6.42 Å². The number of nitrogens with one attached hydrogen (secondary N) is 2. The van der Waals surface area contributed by atoms with Crippen LogP contribution in [0.5, 0.6) is 0 Å². The first-order valence-electron chi connectivity index (χ1n) is 7.01. The van der Waals surface area contributed by atoms with Gasteiger partial charge in [-0.2, -0.15) is 0 Å². The minimum absolute atomic E-state index is 0.0437. The normalized spacial score (nSPS) is 11.7. The second-order valence-electron chi connectivity index (χ2n) is 4.88. The van der Waals surface area contributed by atoms with Crippen LogP contribution in [0.4, 0.5) is 0 Å². The molecule has 0 saturated carbocycles. The van der Waals surface area contributed by atoms with E-state index in [1.807, 2.05) is 60.7 Å². The molecule has 3 N–H and O–H groups in total. The van der Waals surface area contributed by atoms with Gasteiger partial charge in [0.15, 0.2) is 5.11 Å². The summed E-state index contributed by atoms with van der Waals surface area (Å²) in [6, 6.07) is 20.1. The lowest BCUT2D eigenvalue weighted by Gasteiger charge is -2.19. The van der Waals surface area contributed by atoms with E-state index in [2.05, 4.69) is 10.6 Å². The van der Waals surface area contributed by atoms with Gasteiger partial charge in [-0.15, -0.1) is 0 Å². The number of hydrogen-bond donors (Lipinski definition) is 3. The molecule has 3 nitrogen and oxygen atoms in total. The van der Waals surface area contributed by atoms with E-state index in [1.54, 1.807) is 0 Å². The maximum absolute atomic E-state index is 9.47. The van der Waals surface area contributed by atoms with Gasteiger partial charge in [-0.25, -0.2) is 0 Å². The van der Waals surface area contributed by atoms with Crippen LogP contribution in [0.1, 0.15) is 11.1 Å². The average Bonchev–Trinajstić information content (AvgIpc) is 2.54. The standard InChI is InChI=1S/C17H20N2OS/c20-13-16(11-14-7-3-1-4-8-14)19-17(21)18-12-15-9-5-2-6-10-15/h1-10,16,20H,11-13H2,(H2,18,19,21)/t16-/m1/s1. The van der Waals surface area contributed by atoms with Gasteiger partial charge in [-0.05, 0) is 29.8 Å². The van der Waals surface area contributed by atoms with Crippen LogP contribution in [-0.4, -0.2) is 22.9 Å². The lowest BCUT2D eigenvalue weighted by Crippen LogP contribution is -2.44. The van der Waals surface area contributed by atoms with E-state index in [9.17, 15) is 5.11 Å². The smallest absolute Gasteiger partial charge is 0.166 e. The Morgan fingerprint density at radius 2 is 1.52 bits per heavy atom. The summed E-state index contributed by atoms with van der Waals surface area (Å²) in [4.78, 5) is 0. The summed E-state index contributed by atoms with van der Waals surface area (Å²) in [6.45, 7) is 0.720. The van der Waals surface area contributed by atoms with E-state index in [1.165, 1.54) is 11.1 Å². The van der Waals surface area contributed by atoms with Crippen LogP contribution in [0.2, 0.25) is 0 Å². The monoisotopic (exact) mass is 300 g/mol. The van der Waals surface area contributed by atoms with Crippen molar-refractivity contribution in [2.75, 3.05) is 6.61 Å². The van der Waals surface area contributed by atoms with Gasteiger partial charge in [-0.1, -0.05) is 60.7 Å².